The molecule has 186 valence electrons. The van der Waals surface area contributed by atoms with Gasteiger partial charge in [-0.25, -0.2) is 0 Å². The molecule has 10 heteroatoms. The number of methoxy groups -OCH3 is 1. The maximum Gasteiger partial charge on any atom is 0.139 e. The molecule has 2 aromatic heterocycles. The van der Waals surface area contributed by atoms with Crippen molar-refractivity contribution in [1.82, 2.24) is 9.88 Å². The predicted octanol–water partition coefficient (Wildman–Crippen LogP) is 5.21. The van der Waals surface area contributed by atoms with Gasteiger partial charge in [-0.1, -0.05) is 29.3 Å². The fourth-order valence-electron chi connectivity index (χ4n) is 3.87. The summed E-state index contributed by atoms with van der Waals surface area (Å²) in [6.07, 6.45) is 1.50. The Labute approximate surface area is 218 Å². The third-order valence-electron chi connectivity index (χ3n) is 5.65. The lowest BCUT2D eigenvalue weighted by molar-refractivity contribution is 0.149. The van der Waals surface area contributed by atoms with Crippen LogP contribution in [0.5, 0.6) is 5.75 Å². The molecule has 0 aliphatic heterocycles. The molecule has 4 rings (SSSR count). The molecule has 0 bridgehead atoms. The topological polar surface area (TPSA) is 115 Å². The highest BCUT2D eigenvalue weighted by atomic mass is 35.5. The summed E-state index contributed by atoms with van der Waals surface area (Å²) in [6.45, 7) is 1.35. The number of pyridine rings is 1. The Kier molecular flexibility index (Phi) is 8.31. The second-order valence-electron chi connectivity index (χ2n) is 7.97. The van der Waals surface area contributed by atoms with Gasteiger partial charge in [-0.2, -0.15) is 5.26 Å². The summed E-state index contributed by atoms with van der Waals surface area (Å²) in [5.74, 6) is 1.83. The van der Waals surface area contributed by atoms with Crippen LogP contribution >= 0.6 is 23.2 Å². The smallest absolute Gasteiger partial charge is 0.139 e. The zero-order valence-corrected chi connectivity index (χ0v) is 21.0. The first-order valence-corrected chi connectivity index (χ1v) is 11.9. The van der Waals surface area contributed by atoms with Crippen LogP contribution in [0.3, 0.4) is 0 Å². The number of aliphatic hydroxyl groups is 2. The van der Waals surface area contributed by atoms with Crippen molar-refractivity contribution in [2.45, 2.75) is 6.54 Å². The summed E-state index contributed by atoms with van der Waals surface area (Å²) in [6, 6.07) is 14.8. The minimum absolute atomic E-state index is 0.00101. The minimum atomic E-state index is -0.00101. The Morgan fingerprint density at radius 2 is 1.86 bits per heavy atom. The lowest BCUT2D eigenvalue weighted by Crippen LogP contribution is -2.29. The molecule has 0 fully saturated rings. The summed E-state index contributed by atoms with van der Waals surface area (Å²) in [7, 11) is 1.51. The van der Waals surface area contributed by atoms with Crippen LogP contribution < -0.4 is 10.1 Å². The SMILES string of the molecule is COc1cc(Nc2c(C#N)cnc3cc(-c4ccc(CN(CCO)CCO)o4)ccc23)c(Cl)cc1Cl. The van der Waals surface area contributed by atoms with E-state index in [1.807, 2.05) is 35.2 Å². The van der Waals surface area contributed by atoms with E-state index in [2.05, 4.69) is 16.4 Å². The molecule has 3 N–H and O–H groups in total. The number of ether oxygens (including phenoxy) is 1. The highest BCUT2D eigenvalue weighted by Gasteiger charge is 2.15. The molecular weight excluding hydrogens is 503 g/mol. The normalized spacial score (nSPS) is 11.1. The monoisotopic (exact) mass is 526 g/mol. The first-order valence-electron chi connectivity index (χ1n) is 11.1. The maximum atomic E-state index is 9.69. The number of hydrogen-bond acceptors (Lipinski definition) is 8. The maximum absolute atomic E-state index is 9.69. The van der Waals surface area contributed by atoms with E-state index in [4.69, 9.17) is 32.4 Å². The molecule has 36 heavy (non-hydrogen) atoms. The van der Waals surface area contributed by atoms with Crippen molar-refractivity contribution >= 4 is 45.5 Å². The number of benzene rings is 2. The van der Waals surface area contributed by atoms with E-state index in [0.29, 0.717) is 69.4 Å². The lowest BCUT2D eigenvalue weighted by atomic mass is 10.1. The largest absolute Gasteiger partial charge is 0.495 e. The van der Waals surface area contributed by atoms with Crippen LogP contribution in [0.2, 0.25) is 10.0 Å². The first kappa shape index (κ1) is 25.8. The molecule has 0 saturated carbocycles. The highest BCUT2D eigenvalue weighted by Crippen LogP contribution is 2.38. The number of fused-ring (bicyclic) bond motifs is 1. The second-order valence-corrected chi connectivity index (χ2v) is 8.79. The van der Waals surface area contributed by atoms with Gasteiger partial charge >= 0.3 is 0 Å². The Bertz CT molecular complexity index is 1410. The number of furan rings is 1. The van der Waals surface area contributed by atoms with Crippen molar-refractivity contribution in [2.24, 2.45) is 0 Å². The fourth-order valence-corrected chi connectivity index (χ4v) is 4.38. The van der Waals surface area contributed by atoms with E-state index < -0.39 is 0 Å². The molecule has 2 aromatic carbocycles. The Balaban J connectivity index is 1.67. The van der Waals surface area contributed by atoms with Crippen molar-refractivity contribution in [1.29, 1.82) is 5.26 Å². The van der Waals surface area contributed by atoms with E-state index in [-0.39, 0.29) is 13.2 Å². The molecule has 0 aliphatic carbocycles. The van der Waals surface area contributed by atoms with Crippen LogP contribution in [0.4, 0.5) is 11.4 Å². The molecule has 0 radical (unpaired) electrons. The highest BCUT2D eigenvalue weighted by molar-refractivity contribution is 6.37. The van der Waals surface area contributed by atoms with E-state index in [1.165, 1.54) is 13.3 Å². The standard InChI is InChI=1S/C26H24Cl2N4O4/c1-35-25-12-23(20(27)11-21(25)28)31-26-17(13-29)14-30-22-10-16(2-4-19(22)26)24-5-3-18(36-24)15-32(6-8-33)7-9-34/h2-5,10-12,14,33-34H,6-9,15H2,1H3,(H,30,31). The average Bonchev–Trinajstić information content (AvgIpc) is 3.34. The van der Waals surface area contributed by atoms with E-state index in [1.54, 1.807) is 12.1 Å². The molecule has 0 aliphatic rings. The molecule has 0 amide bonds. The lowest BCUT2D eigenvalue weighted by Gasteiger charge is -2.18. The summed E-state index contributed by atoms with van der Waals surface area (Å²) in [5.41, 5.74) is 2.93. The minimum Gasteiger partial charge on any atom is -0.495 e. The predicted molar refractivity (Wildman–Crippen MR) is 140 cm³/mol. The van der Waals surface area contributed by atoms with Gasteiger partial charge < -0.3 is 24.7 Å². The van der Waals surface area contributed by atoms with Crippen LogP contribution in [0.25, 0.3) is 22.2 Å². The third-order valence-corrected chi connectivity index (χ3v) is 6.26. The molecule has 0 atom stereocenters. The van der Waals surface area contributed by atoms with Gasteiger partial charge in [0.1, 0.15) is 23.3 Å². The molecular formula is C26H24Cl2N4O4. The first-order chi connectivity index (χ1) is 17.5. The van der Waals surface area contributed by atoms with Crippen molar-refractivity contribution in [2.75, 3.05) is 38.7 Å². The number of nitrogens with zero attached hydrogens (tertiary/aromatic N) is 3. The molecule has 4 aromatic rings. The van der Waals surface area contributed by atoms with Gasteiger partial charge in [0.25, 0.3) is 0 Å². The van der Waals surface area contributed by atoms with Crippen molar-refractivity contribution in [3.8, 4) is 23.1 Å². The number of anilines is 2. The molecule has 8 nitrogen and oxygen atoms in total. The summed E-state index contributed by atoms with van der Waals surface area (Å²) in [4.78, 5) is 6.37. The summed E-state index contributed by atoms with van der Waals surface area (Å²) >= 11 is 12.6. The number of nitriles is 1. The van der Waals surface area contributed by atoms with Crippen molar-refractivity contribution in [3.05, 3.63) is 70.0 Å². The molecule has 0 unspecified atom stereocenters. The zero-order chi connectivity index (χ0) is 25.7. The number of aromatic nitrogens is 1. The number of aliphatic hydroxyl groups excluding tert-OH is 2. The quantitative estimate of drug-likeness (QED) is 0.258. The van der Waals surface area contributed by atoms with Crippen LogP contribution in [0, 0.1) is 11.3 Å². The van der Waals surface area contributed by atoms with E-state index >= 15 is 0 Å². The third kappa shape index (κ3) is 5.57. The van der Waals surface area contributed by atoms with Crippen molar-refractivity contribution < 1.29 is 19.4 Å². The number of hydrogen-bond donors (Lipinski definition) is 3. The van der Waals surface area contributed by atoms with E-state index in [0.717, 1.165) is 10.9 Å². The van der Waals surface area contributed by atoms with Gasteiger partial charge in [-0.05, 0) is 30.3 Å². The van der Waals surface area contributed by atoms with Gasteiger partial charge in [0, 0.05) is 36.3 Å². The second kappa shape index (κ2) is 11.6. The van der Waals surface area contributed by atoms with E-state index in [9.17, 15) is 15.5 Å². The zero-order valence-electron chi connectivity index (χ0n) is 19.5. The van der Waals surface area contributed by atoms with Gasteiger partial charge in [-0.3, -0.25) is 9.88 Å². The number of rotatable bonds is 10. The van der Waals surface area contributed by atoms with Gasteiger partial charge in [0.05, 0.1) is 59.4 Å². The number of nitrogens with one attached hydrogen (secondary N) is 1. The van der Waals surface area contributed by atoms with Crippen LogP contribution in [0.1, 0.15) is 11.3 Å². The van der Waals surface area contributed by atoms with Crippen LogP contribution in [-0.2, 0) is 6.54 Å². The van der Waals surface area contributed by atoms with Crippen LogP contribution in [-0.4, -0.2) is 53.5 Å². The fraction of sp³-hybridized carbons (Fsp3) is 0.231. The number of halogens is 2. The molecule has 2 heterocycles. The summed E-state index contributed by atoms with van der Waals surface area (Å²) in [5, 5.41) is 32.9. The van der Waals surface area contributed by atoms with Crippen molar-refractivity contribution in [3.63, 3.8) is 0 Å². The summed E-state index contributed by atoms with van der Waals surface area (Å²) < 4.78 is 11.3. The van der Waals surface area contributed by atoms with Gasteiger partial charge in [0.15, 0.2) is 0 Å². The van der Waals surface area contributed by atoms with Crippen LogP contribution in [0.15, 0.2) is 53.1 Å². The average molecular weight is 527 g/mol. The Morgan fingerprint density at radius 3 is 2.56 bits per heavy atom. The molecule has 0 spiro atoms. The van der Waals surface area contributed by atoms with Gasteiger partial charge in [-0.15, -0.1) is 0 Å². The Hall–Kier alpha value is -3.32. The van der Waals surface area contributed by atoms with Gasteiger partial charge in [0.2, 0.25) is 0 Å². The Morgan fingerprint density at radius 1 is 1.08 bits per heavy atom. The molecule has 0 saturated heterocycles.